The van der Waals surface area contributed by atoms with Gasteiger partial charge in [0.05, 0.1) is 23.3 Å². The van der Waals surface area contributed by atoms with Crippen LogP contribution in [0.3, 0.4) is 0 Å². The number of fused-ring (bicyclic) bond motifs is 3. The third-order valence-corrected chi connectivity index (χ3v) is 7.69. The molecule has 3 aliphatic carbocycles. The number of nitrogens with zero attached hydrogens (tertiary/aromatic N) is 1. The second-order valence-electron chi connectivity index (χ2n) is 9.87. The Hall–Kier alpha value is -3.79. The largest absolute Gasteiger partial charge is 0.505 e. The molecule has 12 nitrogen and oxygen atoms in total. The number of anilines is 1. The number of amides is 2. The molecule has 2 amide bonds. The lowest BCUT2D eigenvalue weighted by atomic mass is 9.52. The topological polar surface area (TPSA) is 197 Å². The number of rotatable bonds is 4. The number of aliphatic hydroxyl groups excluding tert-OH is 1. The van der Waals surface area contributed by atoms with E-state index >= 15 is 0 Å². The molecule has 7 atom stereocenters. The van der Waals surface area contributed by atoms with Gasteiger partial charge >= 0.3 is 6.09 Å². The Kier molecular flexibility index (Phi) is 6.58. The fraction of sp³-hybridized carbons (Fsp3) is 0.480. The van der Waals surface area contributed by atoms with Crippen molar-refractivity contribution in [1.29, 1.82) is 0 Å². The average Bonchev–Trinajstić information content (AvgIpc) is 2.81. The number of phenolic OH excluding ortho intramolecular Hbond substituents is 1. The Morgan fingerprint density at radius 2 is 1.95 bits per heavy atom. The van der Waals surface area contributed by atoms with Gasteiger partial charge in [-0.15, -0.1) is 6.42 Å². The van der Waals surface area contributed by atoms with Gasteiger partial charge in [-0.2, -0.15) is 0 Å². The van der Waals surface area contributed by atoms with Crippen molar-refractivity contribution < 1.29 is 44.0 Å². The predicted molar refractivity (Wildman–Crippen MR) is 126 cm³/mol. The molecule has 1 aromatic carbocycles. The second-order valence-corrected chi connectivity index (χ2v) is 9.87. The molecule has 0 saturated heterocycles. The zero-order valence-corrected chi connectivity index (χ0v) is 20.1. The zero-order chi connectivity index (χ0) is 27.4. The minimum Gasteiger partial charge on any atom is -0.505 e. The van der Waals surface area contributed by atoms with Gasteiger partial charge in [-0.05, 0) is 44.5 Å². The molecule has 0 bridgehead atoms. The molecule has 0 spiro atoms. The smallest absolute Gasteiger partial charge is 0.412 e. The van der Waals surface area contributed by atoms with Crippen molar-refractivity contribution in [3.05, 3.63) is 23.3 Å². The number of terminal acetylenes is 1. The molecule has 1 aromatic rings. The van der Waals surface area contributed by atoms with Crippen LogP contribution in [0, 0.1) is 36.0 Å². The lowest BCUT2D eigenvalue weighted by molar-refractivity contribution is -0.190. The van der Waals surface area contributed by atoms with Crippen molar-refractivity contribution in [2.24, 2.45) is 29.4 Å². The number of ketones is 3. The first kappa shape index (κ1) is 26.3. The van der Waals surface area contributed by atoms with E-state index in [-0.39, 0.29) is 30.7 Å². The van der Waals surface area contributed by atoms with Crippen LogP contribution in [0.1, 0.15) is 22.3 Å². The first-order valence-corrected chi connectivity index (χ1v) is 11.6. The molecule has 0 aromatic heterocycles. The van der Waals surface area contributed by atoms with E-state index in [9.17, 15) is 39.3 Å². The van der Waals surface area contributed by atoms with Crippen LogP contribution >= 0.6 is 0 Å². The molecule has 0 aliphatic heterocycles. The van der Waals surface area contributed by atoms with Gasteiger partial charge in [-0.1, -0.05) is 12.0 Å². The van der Waals surface area contributed by atoms with Gasteiger partial charge in [0.1, 0.15) is 11.7 Å². The number of hydrogen-bond acceptors (Lipinski definition) is 10. The molecule has 2 saturated carbocycles. The fourth-order valence-electron chi connectivity index (χ4n) is 6.15. The summed E-state index contributed by atoms with van der Waals surface area (Å²) in [5, 5.41) is 35.5. The summed E-state index contributed by atoms with van der Waals surface area (Å²) < 4.78 is 4.71. The Bertz CT molecular complexity index is 1250. The molecule has 3 unspecified atom stereocenters. The molecule has 0 heterocycles. The molecule has 196 valence electrons. The number of likely N-dealkylation sites (N-methyl/N-ethyl adjacent to an activating group) is 1. The summed E-state index contributed by atoms with van der Waals surface area (Å²) in [5.74, 6) is -7.98. The molecule has 3 aliphatic rings. The van der Waals surface area contributed by atoms with Gasteiger partial charge in [-0.25, -0.2) is 4.79 Å². The summed E-state index contributed by atoms with van der Waals surface area (Å²) in [7, 11) is 3.14. The number of Topliss-reactive ketones (excluding diaryl/α,β-unsaturated/α-hetero) is 3. The molecule has 37 heavy (non-hydrogen) atoms. The number of benzene rings is 1. The molecule has 4 rings (SSSR count). The van der Waals surface area contributed by atoms with E-state index in [1.165, 1.54) is 17.0 Å². The molecular weight excluding hydrogens is 486 g/mol. The molecule has 6 N–H and O–H groups in total. The minimum atomic E-state index is -2.74. The molecule has 12 heteroatoms. The van der Waals surface area contributed by atoms with E-state index < -0.39 is 76.5 Å². The van der Waals surface area contributed by atoms with Gasteiger partial charge in [-0.3, -0.25) is 24.5 Å². The molecule has 0 radical (unpaired) electrons. The summed E-state index contributed by atoms with van der Waals surface area (Å²) in [4.78, 5) is 66.1. The maximum absolute atomic E-state index is 13.7. The minimum absolute atomic E-state index is 0.00833. The van der Waals surface area contributed by atoms with Gasteiger partial charge < -0.3 is 30.7 Å². The van der Waals surface area contributed by atoms with Crippen LogP contribution < -0.4 is 11.1 Å². The number of aromatic hydroxyl groups is 1. The number of carbonyl (C=O) groups is 5. The van der Waals surface area contributed by atoms with E-state index in [2.05, 4.69) is 11.2 Å². The second kappa shape index (κ2) is 9.26. The lowest BCUT2D eigenvalue weighted by Gasteiger charge is -2.54. The standard InChI is InChI=1S/C25H27N3O9/c1-4-7-37-24(35)27-13-6-5-10-8-11-9-12-17(28(2)3)20(31)16(23(26)34)22(33)25(12,36)21(32)15(11)19(30)14(10)18(13)29/h1,5-6,11-12,15-17,20,29,31,36H,7-9H2,2-3H3,(H2,26,34)(H,27,35)/t11-,12-,15?,16?,17-,20?,25-/m1/s1. The van der Waals surface area contributed by atoms with Crippen molar-refractivity contribution in [2.75, 3.05) is 26.0 Å². The van der Waals surface area contributed by atoms with Gasteiger partial charge in [0.15, 0.2) is 29.6 Å². The number of phenols is 1. The van der Waals surface area contributed by atoms with E-state index in [1.54, 1.807) is 14.1 Å². The van der Waals surface area contributed by atoms with Crippen LogP contribution in [0.5, 0.6) is 5.75 Å². The normalized spacial score (nSPS) is 32.6. The average molecular weight is 514 g/mol. The van der Waals surface area contributed by atoms with Crippen molar-refractivity contribution in [3.8, 4) is 18.1 Å². The Morgan fingerprint density at radius 3 is 2.54 bits per heavy atom. The number of nitrogens with two attached hydrogens (primary N) is 1. The highest BCUT2D eigenvalue weighted by Gasteiger charge is 2.69. The quantitative estimate of drug-likeness (QED) is 0.186. The van der Waals surface area contributed by atoms with Crippen molar-refractivity contribution in [2.45, 2.75) is 30.6 Å². The van der Waals surface area contributed by atoms with Crippen LogP contribution in [0.2, 0.25) is 0 Å². The van der Waals surface area contributed by atoms with Gasteiger partial charge in [0, 0.05) is 12.0 Å². The molecule has 2 fully saturated rings. The van der Waals surface area contributed by atoms with E-state index in [0.29, 0.717) is 5.56 Å². The summed E-state index contributed by atoms with van der Waals surface area (Å²) >= 11 is 0. The van der Waals surface area contributed by atoms with Crippen molar-refractivity contribution in [1.82, 2.24) is 4.90 Å². The van der Waals surface area contributed by atoms with Crippen LogP contribution in [0.15, 0.2) is 12.1 Å². The Balaban J connectivity index is 1.76. The highest BCUT2D eigenvalue weighted by Crippen LogP contribution is 2.51. The summed E-state index contributed by atoms with van der Waals surface area (Å²) in [6, 6.07) is 1.91. The highest BCUT2D eigenvalue weighted by atomic mass is 16.5. The number of hydrogen-bond donors (Lipinski definition) is 5. The number of primary amides is 1. The lowest BCUT2D eigenvalue weighted by Crippen LogP contribution is -2.75. The zero-order valence-electron chi connectivity index (χ0n) is 20.1. The Morgan fingerprint density at radius 1 is 1.27 bits per heavy atom. The number of nitrogens with one attached hydrogen (secondary N) is 1. The monoisotopic (exact) mass is 513 g/mol. The first-order valence-electron chi connectivity index (χ1n) is 11.6. The molecular formula is C25H27N3O9. The number of ether oxygens (including phenoxy) is 1. The van der Waals surface area contributed by atoms with Crippen LogP contribution in [-0.4, -0.2) is 88.0 Å². The summed E-state index contributed by atoms with van der Waals surface area (Å²) in [6.07, 6.45) is 2.66. The van der Waals surface area contributed by atoms with Crippen molar-refractivity contribution in [3.63, 3.8) is 0 Å². The fourth-order valence-corrected chi connectivity index (χ4v) is 6.15. The SMILES string of the molecule is C#CCOC(=O)Nc1ccc2c(c1O)C(=O)C1C(=O)[C@@]3(O)C(=O)C(C(N)=O)C(O)[C@H](N(C)C)[C@H]3C[C@H]1C2. The van der Waals surface area contributed by atoms with Gasteiger partial charge in [0.2, 0.25) is 5.91 Å². The maximum Gasteiger partial charge on any atom is 0.412 e. The third kappa shape index (κ3) is 3.87. The van der Waals surface area contributed by atoms with Crippen LogP contribution in [0.25, 0.3) is 0 Å². The highest BCUT2D eigenvalue weighted by molar-refractivity contribution is 6.25. The predicted octanol–water partition coefficient (Wildman–Crippen LogP) is -1.16. The summed E-state index contributed by atoms with van der Waals surface area (Å²) in [5.41, 5.74) is 2.62. The summed E-state index contributed by atoms with van der Waals surface area (Å²) in [6.45, 7) is -0.322. The van der Waals surface area contributed by atoms with E-state index in [0.717, 1.165) is 0 Å². The van der Waals surface area contributed by atoms with Crippen LogP contribution in [-0.2, 0) is 25.5 Å². The first-order chi connectivity index (χ1) is 17.4. The Labute approximate surface area is 211 Å². The van der Waals surface area contributed by atoms with E-state index in [4.69, 9.17) is 16.9 Å². The maximum atomic E-state index is 13.7. The number of aliphatic hydroxyl groups is 2. The third-order valence-electron chi connectivity index (χ3n) is 7.69. The van der Waals surface area contributed by atoms with Gasteiger partial charge in [0.25, 0.3) is 0 Å². The number of carbonyl (C=O) groups excluding carboxylic acids is 5. The van der Waals surface area contributed by atoms with Crippen molar-refractivity contribution >= 4 is 35.0 Å². The van der Waals surface area contributed by atoms with E-state index in [1.807, 2.05) is 0 Å². The van der Waals surface area contributed by atoms with Crippen LogP contribution in [0.4, 0.5) is 10.5 Å².